The number of amides is 2. The van der Waals surface area contributed by atoms with Crippen LogP contribution in [0.3, 0.4) is 0 Å². The van der Waals surface area contributed by atoms with Crippen molar-refractivity contribution in [2.24, 2.45) is 7.05 Å². The number of aromatic nitrogens is 1. The Labute approximate surface area is 163 Å². The van der Waals surface area contributed by atoms with Gasteiger partial charge in [-0.15, -0.1) is 0 Å². The fourth-order valence-corrected chi connectivity index (χ4v) is 2.97. The van der Waals surface area contributed by atoms with Crippen LogP contribution in [-0.4, -0.2) is 34.6 Å². The number of hydrogen-bond donors (Lipinski definition) is 3. The number of aliphatic hydroxyl groups excluding tert-OH is 1. The first kappa shape index (κ1) is 19.4. The summed E-state index contributed by atoms with van der Waals surface area (Å²) in [7, 11) is 1.93. The quantitative estimate of drug-likeness (QED) is 0.577. The van der Waals surface area contributed by atoms with Crippen molar-refractivity contribution in [1.82, 2.24) is 15.2 Å². The number of aryl methyl sites for hydroxylation is 2. The maximum Gasteiger partial charge on any atom is 0.267 e. The van der Waals surface area contributed by atoms with E-state index in [0.29, 0.717) is 5.56 Å². The number of nitrogens with zero attached hydrogens (tertiary/aromatic N) is 1. The molecule has 0 saturated carbocycles. The second-order valence-electron chi connectivity index (χ2n) is 6.57. The summed E-state index contributed by atoms with van der Waals surface area (Å²) in [5.74, 6) is -0.826. The van der Waals surface area contributed by atoms with Crippen LogP contribution < -0.4 is 10.6 Å². The van der Waals surface area contributed by atoms with Crippen molar-refractivity contribution >= 4 is 28.8 Å². The van der Waals surface area contributed by atoms with Crippen molar-refractivity contribution in [2.45, 2.75) is 6.92 Å². The molecule has 0 radical (unpaired) electrons. The molecular weight excluding hydrogens is 354 g/mol. The van der Waals surface area contributed by atoms with Crippen LogP contribution in [0.25, 0.3) is 17.0 Å². The van der Waals surface area contributed by atoms with Crippen molar-refractivity contribution in [3.05, 3.63) is 77.1 Å². The summed E-state index contributed by atoms with van der Waals surface area (Å²) in [6, 6.07) is 14.9. The second-order valence-corrected chi connectivity index (χ2v) is 6.57. The molecule has 28 heavy (non-hydrogen) atoms. The predicted molar refractivity (Wildman–Crippen MR) is 110 cm³/mol. The Morgan fingerprint density at radius 1 is 1.11 bits per heavy atom. The average Bonchev–Trinajstić information content (AvgIpc) is 3.02. The van der Waals surface area contributed by atoms with E-state index in [1.165, 1.54) is 0 Å². The highest BCUT2D eigenvalue weighted by Crippen LogP contribution is 2.22. The molecule has 3 N–H and O–H groups in total. The standard InChI is InChI=1S/C22H23N3O3/c1-15-7-9-16(10-8-15)21(27)24-19(22(28)23-11-12-26)13-17-14-25(2)20-6-4-3-5-18(17)20/h3-10,13-14,26H,11-12H2,1-2H3,(H,23,28)(H,24,27)/b19-13-. The summed E-state index contributed by atoms with van der Waals surface area (Å²) in [5.41, 5.74) is 3.47. The minimum Gasteiger partial charge on any atom is -0.395 e. The Balaban J connectivity index is 1.96. The van der Waals surface area contributed by atoms with Crippen molar-refractivity contribution in [3.8, 4) is 0 Å². The number of rotatable bonds is 6. The van der Waals surface area contributed by atoms with Gasteiger partial charge >= 0.3 is 0 Å². The fraction of sp³-hybridized carbons (Fsp3) is 0.182. The van der Waals surface area contributed by atoms with E-state index in [0.717, 1.165) is 22.0 Å². The van der Waals surface area contributed by atoms with Gasteiger partial charge in [0.25, 0.3) is 11.8 Å². The minimum atomic E-state index is -0.456. The van der Waals surface area contributed by atoms with Crippen LogP contribution in [0.1, 0.15) is 21.5 Å². The summed E-state index contributed by atoms with van der Waals surface area (Å²) in [6.45, 7) is 1.86. The largest absolute Gasteiger partial charge is 0.395 e. The Morgan fingerprint density at radius 3 is 2.54 bits per heavy atom. The summed E-state index contributed by atoms with van der Waals surface area (Å²) >= 11 is 0. The number of benzene rings is 2. The van der Waals surface area contributed by atoms with E-state index in [-0.39, 0.29) is 24.8 Å². The van der Waals surface area contributed by atoms with Crippen LogP contribution in [-0.2, 0) is 11.8 Å². The molecule has 0 fully saturated rings. The van der Waals surface area contributed by atoms with Crippen molar-refractivity contribution in [3.63, 3.8) is 0 Å². The molecule has 0 aliphatic heterocycles. The van der Waals surface area contributed by atoms with Crippen LogP contribution in [0.5, 0.6) is 0 Å². The highest BCUT2D eigenvalue weighted by atomic mass is 16.3. The molecule has 144 valence electrons. The summed E-state index contributed by atoms with van der Waals surface area (Å²) < 4.78 is 1.96. The molecule has 6 heteroatoms. The SMILES string of the molecule is Cc1ccc(C(=O)N/C(=C\c2cn(C)c3ccccc23)C(=O)NCCO)cc1. The Bertz CT molecular complexity index is 1030. The van der Waals surface area contributed by atoms with Gasteiger partial charge in [0.05, 0.1) is 6.61 Å². The molecule has 3 aromatic rings. The second kappa shape index (κ2) is 8.54. The van der Waals surface area contributed by atoms with E-state index in [1.54, 1.807) is 18.2 Å². The van der Waals surface area contributed by atoms with Gasteiger partial charge in [-0.25, -0.2) is 0 Å². The third kappa shape index (κ3) is 4.29. The molecule has 0 saturated heterocycles. The molecular formula is C22H23N3O3. The first-order valence-corrected chi connectivity index (χ1v) is 9.02. The first-order chi connectivity index (χ1) is 13.5. The Kier molecular flexibility index (Phi) is 5.91. The number of aliphatic hydroxyl groups is 1. The molecule has 0 aliphatic carbocycles. The van der Waals surface area contributed by atoms with Gasteiger partial charge in [-0.2, -0.15) is 0 Å². The number of nitrogens with one attached hydrogen (secondary N) is 2. The topological polar surface area (TPSA) is 83.4 Å². The number of para-hydroxylation sites is 1. The van der Waals surface area contributed by atoms with Crippen LogP contribution >= 0.6 is 0 Å². The molecule has 0 aliphatic rings. The Morgan fingerprint density at radius 2 is 1.82 bits per heavy atom. The smallest absolute Gasteiger partial charge is 0.267 e. The van der Waals surface area contributed by atoms with Crippen molar-refractivity contribution < 1.29 is 14.7 Å². The van der Waals surface area contributed by atoms with Gasteiger partial charge in [-0.3, -0.25) is 9.59 Å². The molecule has 1 aromatic heterocycles. The lowest BCUT2D eigenvalue weighted by molar-refractivity contribution is -0.117. The monoisotopic (exact) mass is 377 g/mol. The molecule has 0 unspecified atom stereocenters. The van der Waals surface area contributed by atoms with E-state index in [9.17, 15) is 9.59 Å². The molecule has 3 rings (SSSR count). The lowest BCUT2D eigenvalue weighted by Crippen LogP contribution is -2.36. The van der Waals surface area contributed by atoms with E-state index >= 15 is 0 Å². The fourth-order valence-electron chi connectivity index (χ4n) is 2.97. The number of carbonyl (C=O) groups is 2. The van der Waals surface area contributed by atoms with Gasteiger partial charge in [0.2, 0.25) is 0 Å². The third-order valence-electron chi connectivity index (χ3n) is 4.43. The predicted octanol–water partition coefficient (Wildman–Crippen LogP) is 2.37. The van der Waals surface area contributed by atoms with Gasteiger partial charge in [-0.1, -0.05) is 35.9 Å². The maximum absolute atomic E-state index is 12.6. The third-order valence-corrected chi connectivity index (χ3v) is 4.43. The zero-order valence-electron chi connectivity index (χ0n) is 15.9. The first-order valence-electron chi connectivity index (χ1n) is 9.02. The summed E-state index contributed by atoms with van der Waals surface area (Å²) in [6.07, 6.45) is 3.56. The van der Waals surface area contributed by atoms with Crippen LogP contribution in [0.2, 0.25) is 0 Å². The number of fused-ring (bicyclic) bond motifs is 1. The van der Waals surface area contributed by atoms with E-state index in [2.05, 4.69) is 10.6 Å². The maximum atomic E-state index is 12.6. The van der Waals surface area contributed by atoms with Gasteiger partial charge in [0.1, 0.15) is 5.70 Å². The normalized spacial score (nSPS) is 11.5. The minimum absolute atomic E-state index is 0.103. The van der Waals surface area contributed by atoms with Gasteiger partial charge in [0.15, 0.2) is 0 Å². The molecule has 0 bridgehead atoms. The molecule has 1 heterocycles. The van der Waals surface area contributed by atoms with Crippen LogP contribution in [0.4, 0.5) is 0 Å². The molecule has 0 spiro atoms. The summed E-state index contributed by atoms with van der Waals surface area (Å²) in [5, 5.41) is 15.3. The highest BCUT2D eigenvalue weighted by Gasteiger charge is 2.15. The van der Waals surface area contributed by atoms with E-state index < -0.39 is 5.91 Å². The zero-order chi connectivity index (χ0) is 20.1. The van der Waals surface area contributed by atoms with Gasteiger partial charge in [-0.05, 0) is 31.2 Å². The van der Waals surface area contributed by atoms with Crippen LogP contribution in [0, 0.1) is 6.92 Å². The molecule has 6 nitrogen and oxygen atoms in total. The zero-order valence-corrected chi connectivity index (χ0v) is 15.9. The van der Waals surface area contributed by atoms with Gasteiger partial charge in [0, 0.05) is 41.8 Å². The van der Waals surface area contributed by atoms with Crippen molar-refractivity contribution in [2.75, 3.05) is 13.2 Å². The highest BCUT2D eigenvalue weighted by molar-refractivity contribution is 6.06. The van der Waals surface area contributed by atoms with Gasteiger partial charge < -0.3 is 20.3 Å². The molecule has 2 aromatic carbocycles. The number of carbonyl (C=O) groups excluding carboxylic acids is 2. The average molecular weight is 377 g/mol. The van der Waals surface area contributed by atoms with Crippen LogP contribution in [0.15, 0.2) is 60.4 Å². The lowest BCUT2D eigenvalue weighted by Gasteiger charge is -2.10. The summed E-state index contributed by atoms with van der Waals surface area (Å²) in [4.78, 5) is 25.2. The Hall–Kier alpha value is -3.38. The van der Waals surface area contributed by atoms with Crippen molar-refractivity contribution in [1.29, 1.82) is 0 Å². The number of hydrogen-bond acceptors (Lipinski definition) is 3. The van der Waals surface area contributed by atoms with E-state index in [1.807, 2.05) is 61.1 Å². The molecule has 2 amide bonds. The molecule has 0 atom stereocenters. The lowest BCUT2D eigenvalue weighted by atomic mass is 10.1. The van der Waals surface area contributed by atoms with E-state index in [4.69, 9.17) is 5.11 Å².